The summed E-state index contributed by atoms with van der Waals surface area (Å²) in [5.41, 5.74) is 0.583. The number of rotatable bonds is 1. The highest BCUT2D eigenvalue weighted by Crippen LogP contribution is 2.35. The molecule has 1 aromatic rings. The van der Waals surface area contributed by atoms with Crippen LogP contribution in [0.25, 0.3) is 0 Å². The van der Waals surface area contributed by atoms with Crippen molar-refractivity contribution < 1.29 is 9.59 Å². The summed E-state index contributed by atoms with van der Waals surface area (Å²) in [6.07, 6.45) is 0. The topological polar surface area (TPSA) is 40.6 Å². The molecule has 2 aliphatic rings. The molecule has 2 aliphatic heterocycles. The van der Waals surface area contributed by atoms with Gasteiger partial charge in [0.1, 0.15) is 0 Å². The second kappa shape index (κ2) is 3.92. The average molecular weight is 269 g/mol. The van der Waals surface area contributed by atoms with Crippen LogP contribution in [0.5, 0.6) is 0 Å². The lowest BCUT2D eigenvalue weighted by atomic mass is 10.3. The minimum atomic E-state index is -0.335. The highest BCUT2D eigenvalue weighted by Gasteiger charge is 2.48. The van der Waals surface area contributed by atoms with Crippen LogP contribution in [-0.4, -0.2) is 34.5 Å². The molecule has 2 heterocycles. The van der Waals surface area contributed by atoms with E-state index < -0.39 is 0 Å². The fraction of sp³-hybridized carbons (Fsp3) is 0.273. The van der Waals surface area contributed by atoms with E-state index in [1.807, 2.05) is 0 Å². The van der Waals surface area contributed by atoms with E-state index in [1.165, 1.54) is 16.7 Å². The Kier molecular flexibility index (Phi) is 2.52. The van der Waals surface area contributed by atoms with Gasteiger partial charge in [-0.25, -0.2) is 9.69 Å². The molecule has 1 aromatic carbocycles. The molecular formula is C11H9ClN2O2S. The molecule has 1 atom stereocenters. The van der Waals surface area contributed by atoms with Gasteiger partial charge < -0.3 is 4.90 Å². The van der Waals surface area contributed by atoms with Gasteiger partial charge in [0.25, 0.3) is 5.91 Å². The SMILES string of the molecule is O=C1C2SCCN2C(=O)N1c1ccc(Cl)cc1. The molecular weight excluding hydrogens is 260 g/mol. The largest absolute Gasteiger partial charge is 0.332 e. The van der Waals surface area contributed by atoms with Crippen LogP contribution < -0.4 is 4.90 Å². The Labute approximate surface area is 108 Å². The second-order valence-corrected chi connectivity index (χ2v) is 5.47. The normalized spacial score (nSPS) is 23.5. The fourth-order valence-electron chi connectivity index (χ4n) is 2.03. The molecule has 2 fully saturated rings. The molecule has 4 nitrogen and oxygen atoms in total. The number of thioether (sulfide) groups is 1. The molecule has 0 radical (unpaired) electrons. The molecule has 0 N–H and O–H groups in total. The summed E-state index contributed by atoms with van der Waals surface area (Å²) in [6, 6.07) is 6.49. The van der Waals surface area contributed by atoms with Gasteiger partial charge in [-0.15, -0.1) is 11.8 Å². The Morgan fingerprint density at radius 3 is 2.59 bits per heavy atom. The van der Waals surface area contributed by atoms with Crippen molar-refractivity contribution in [1.29, 1.82) is 0 Å². The van der Waals surface area contributed by atoms with E-state index in [0.717, 1.165) is 5.75 Å². The number of fused-ring (bicyclic) bond motifs is 1. The maximum Gasteiger partial charge on any atom is 0.332 e. The van der Waals surface area contributed by atoms with Crippen LogP contribution in [0, 0.1) is 0 Å². The van der Waals surface area contributed by atoms with Crippen molar-refractivity contribution in [2.75, 3.05) is 17.2 Å². The van der Waals surface area contributed by atoms with E-state index in [2.05, 4.69) is 0 Å². The van der Waals surface area contributed by atoms with Crippen LogP contribution in [0.4, 0.5) is 10.5 Å². The predicted octanol–water partition coefficient (Wildman–Crippen LogP) is 2.18. The zero-order chi connectivity index (χ0) is 12.0. The third kappa shape index (κ3) is 1.61. The molecule has 88 valence electrons. The molecule has 3 rings (SSSR count). The molecule has 6 heteroatoms. The van der Waals surface area contributed by atoms with Gasteiger partial charge in [0, 0.05) is 17.3 Å². The lowest BCUT2D eigenvalue weighted by Crippen LogP contribution is -2.33. The van der Waals surface area contributed by atoms with Crippen LogP contribution in [0.3, 0.4) is 0 Å². The molecule has 0 aromatic heterocycles. The summed E-state index contributed by atoms with van der Waals surface area (Å²) >= 11 is 7.30. The van der Waals surface area contributed by atoms with Crippen LogP contribution in [0.1, 0.15) is 0 Å². The number of nitrogens with zero attached hydrogens (tertiary/aromatic N) is 2. The van der Waals surface area contributed by atoms with Crippen LogP contribution in [0.15, 0.2) is 24.3 Å². The molecule has 3 amide bonds. The maximum atomic E-state index is 12.1. The van der Waals surface area contributed by atoms with Crippen LogP contribution >= 0.6 is 23.4 Å². The lowest BCUT2D eigenvalue weighted by molar-refractivity contribution is -0.117. The molecule has 0 saturated carbocycles. The van der Waals surface area contributed by atoms with Crippen molar-refractivity contribution in [2.24, 2.45) is 0 Å². The van der Waals surface area contributed by atoms with E-state index in [9.17, 15) is 9.59 Å². The molecule has 17 heavy (non-hydrogen) atoms. The van der Waals surface area contributed by atoms with Crippen molar-refractivity contribution in [3.05, 3.63) is 29.3 Å². The van der Waals surface area contributed by atoms with E-state index in [0.29, 0.717) is 17.3 Å². The number of hydrogen-bond acceptors (Lipinski definition) is 3. The Morgan fingerprint density at radius 2 is 1.94 bits per heavy atom. The van der Waals surface area contributed by atoms with Crippen molar-refractivity contribution in [3.8, 4) is 0 Å². The summed E-state index contributed by atoms with van der Waals surface area (Å²) in [5.74, 6) is 0.677. The van der Waals surface area contributed by atoms with Gasteiger partial charge in [0.05, 0.1) is 5.69 Å². The Bertz CT molecular complexity index is 469. The van der Waals surface area contributed by atoms with Crippen LogP contribution in [-0.2, 0) is 4.79 Å². The van der Waals surface area contributed by atoms with Crippen molar-refractivity contribution in [1.82, 2.24) is 4.90 Å². The van der Waals surface area contributed by atoms with Gasteiger partial charge >= 0.3 is 6.03 Å². The zero-order valence-electron chi connectivity index (χ0n) is 8.80. The fourth-order valence-corrected chi connectivity index (χ4v) is 3.31. The van der Waals surface area contributed by atoms with Gasteiger partial charge in [-0.05, 0) is 24.3 Å². The Morgan fingerprint density at radius 1 is 1.24 bits per heavy atom. The van der Waals surface area contributed by atoms with Gasteiger partial charge in [-0.3, -0.25) is 4.79 Å². The van der Waals surface area contributed by atoms with Gasteiger partial charge in [-0.2, -0.15) is 0 Å². The maximum absolute atomic E-state index is 12.1. The number of imide groups is 1. The first kappa shape index (κ1) is 10.9. The first-order chi connectivity index (χ1) is 8.18. The van der Waals surface area contributed by atoms with Crippen molar-refractivity contribution in [3.63, 3.8) is 0 Å². The third-order valence-corrected chi connectivity index (χ3v) is 4.29. The van der Waals surface area contributed by atoms with Crippen molar-refractivity contribution in [2.45, 2.75) is 5.37 Å². The predicted molar refractivity (Wildman–Crippen MR) is 67.3 cm³/mol. The first-order valence-electron chi connectivity index (χ1n) is 5.20. The Hall–Kier alpha value is -1.20. The van der Waals surface area contributed by atoms with Crippen LogP contribution in [0.2, 0.25) is 5.02 Å². The molecule has 1 unspecified atom stereocenters. The lowest BCUT2D eigenvalue weighted by Gasteiger charge is -2.14. The molecule has 0 spiro atoms. The van der Waals surface area contributed by atoms with Gasteiger partial charge in [0.2, 0.25) is 0 Å². The number of hydrogen-bond donors (Lipinski definition) is 0. The number of halogens is 1. The summed E-state index contributed by atoms with van der Waals surface area (Å²) in [5, 5.41) is 0.251. The zero-order valence-corrected chi connectivity index (χ0v) is 10.4. The number of carbonyl (C=O) groups is 2. The summed E-state index contributed by atoms with van der Waals surface area (Å²) in [7, 11) is 0. The number of urea groups is 1. The number of benzene rings is 1. The van der Waals surface area contributed by atoms with E-state index in [4.69, 9.17) is 11.6 Å². The standard InChI is InChI=1S/C11H9ClN2O2S/c12-7-1-3-8(4-2-7)14-9(15)10-13(11(14)16)5-6-17-10/h1-4,10H,5-6H2. The van der Waals surface area contributed by atoms with E-state index in [1.54, 1.807) is 29.2 Å². The molecule has 0 aliphatic carbocycles. The number of amides is 3. The average Bonchev–Trinajstić information content (AvgIpc) is 2.87. The van der Waals surface area contributed by atoms with Gasteiger partial charge in [0.15, 0.2) is 5.37 Å². The minimum absolute atomic E-state index is 0.153. The third-order valence-electron chi connectivity index (χ3n) is 2.84. The summed E-state index contributed by atoms with van der Waals surface area (Å²) in [4.78, 5) is 27.0. The molecule has 0 bridgehead atoms. The quantitative estimate of drug-likeness (QED) is 0.733. The van der Waals surface area contributed by atoms with E-state index in [-0.39, 0.29) is 17.3 Å². The first-order valence-corrected chi connectivity index (χ1v) is 6.63. The monoisotopic (exact) mass is 268 g/mol. The minimum Gasteiger partial charge on any atom is -0.302 e. The van der Waals surface area contributed by atoms with Gasteiger partial charge in [-0.1, -0.05) is 11.6 Å². The van der Waals surface area contributed by atoms with E-state index >= 15 is 0 Å². The number of anilines is 1. The highest BCUT2D eigenvalue weighted by molar-refractivity contribution is 8.00. The van der Waals surface area contributed by atoms with Crippen molar-refractivity contribution >= 4 is 41.0 Å². The molecule has 2 saturated heterocycles. The number of carbonyl (C=O) groups excluding carboxylic acids is 2. The smallest absolute Gasteiger partial charge is 0.302 e. The Balaban J connectivity index is 1.96. The summed E-state index contributed by atoms with van der Waals surface area (Å²) in [6.45, 7) is 0.643. The summed E-state index contributed by atoms with van der Waals surface area (Å²) < 4.78 is 0. The second-order valence-electron chi connectivity index (χ2n) is 3.85. The highest BCUT2D eigenvalue weighted by atomic mass is 35.5.